The lowest BCUT2D eigenvalue weighted by Crippen LogP contribution is -3.22. The van der Waals surface area contributed by atoms with E-state index in [1.54, 1.807) is 11.3 Å². The van der Waals surface area contributed by atoms with Crippen LogP contribution in [0.1, 0.15) is 63.6 Å². The largest absolute Gasteiger partial charge is 1.00 e. The van der Waals surface area contributed by atoms with Crippen LogP contribution in [0.4, 0.5) is 0 Å². The highest BCUT2D eigenvalue weighted by molar-refractivity contribution is 5.85. The van der Waals surface area contributed by atoms with Crippen LogP contribution in [0.25, 0.3) is 10.9 Å². The van der Waals surface area contributed by atoms with Gasteiger partial charge in [0.2, 0.25) is 0 Å². The number of hydrogen-bond acceptors (Lipinski definition) is 0. The van der Waals surface area contributed by atoms with E-state index in [2.05, 4.69) is 43.1 Å². The zero-order chi connectivity index (χ0) is 15.2. The summed E-state index contributed by atoms with van der Waals surface area (Å²) in [6.07, 6.45) is 9.44. The van der Waals surface area contributed by atoms with E-state index in [0.717, 1.165) is 6.04 Å². The third-order valence-electron chi connectivity index (χ3n) is 6.31. The fraction of sp³-hybridized carbons (Fsp3) is 0.600. The number of fused-ring (bicyclic) bond motifs is 5. The van der Waals surface area contributed by atoms with Gasteiger partial charge in [0, 0.05) is 23.7 Å². The standard InChI is InChI=1S/C20H28N2.ClH/c1-3-8-15-9-6-13-20(2)19-17(11-7-14-22(15)20)16-10-4-5-12-18(16)21-19;/h4-5,10,12,15,21H,3,6-9,11,13-14H2,1-2H3;1H. The number of aryl methyl sites for hydroxylation is 1. The summed E-state index contributed by atoms with van der Waals surface area (Å²) in [6.45, 7) is 6.22. The number of para-hydroxylation sites is 1. The Kier molecular flexibility index (Phi) is 4.75. The third kappa shape index (κ3) is 2.60. The Hall–Kier alpha value is -0.990. The molecule has 3 heterocycles. The first kappa shape index (κ1) is 16.9. The minimum atomic E-state index is 0. The third-order valence-corrected chi connectivity index (χ3v) is 6.31. The van der Waals surface area contributed by atoms with Gasteiger partial charge >= 0.3 is 0 Å². The zero-order valence-electron chi connectivity index (χ0n) is 14.4. The minimum absolute atomic E-state index is 0. The Balaban J connectivity index is 0.00000156. The Morgan fingerprint density at radius 3 is 2.91 bits per heavy atom. The molecule has 2 aliphatic heterocycles. The molecule has 126 valence electrons. The maximum Gasteiger partial charge on any atom is 0.136 e. The van der Waals surface area contributed by atoms with Gasteiger partial charge in [-0.3, -0.25) is 0 Å². The van der Waals surface area contributed by atoms with Crippen LogP contribution in [0.2, 0.25) is 0 Å². The zero-order valence-corrected chi connectivity index (χ0v) is 15.2. The molecule has 0 spiro atoms. The number of piperidine rings is 1. The van der Waals surface area contributed by atoms with Crippen molar-refractivity contribution in [2.75, 3.05) is 6.54 Å². The lowest BCUT2D eigenvalue weighted by atomic mass is 9.80. The highest BCUT2D eigenvalue weighted by atomic mass is 35.5. The van der Waals surface area contributed by atoms with Gasteiger partial charge in [-0.25, -0.2) is 0 Å². The Morgan fingerprint density at radius 1 is 1.26 bits per heavy atom. The van der Waals surface area contributed by atoms with Crippen LogP contribution in [0.15, 0.2) is 24.3 Å². The number of H-pyrrole nitrogens is 1. The van der Waals surface area contributed by atoms with Gasteiger partial charge in [0.15, 0.2) is 0 Å². The molecule has 0 amide bonds. The molecule has 0 aliphatic carbocycles. The molecule has 1 fully saturated rings. The molecular formula is C20H29ClN2. The van der Waals surface area contributed by atoms with Crippen molar-refractivity contribution in [3.63, 3.8) is 0 Å². The van der Waals surface area contributed by atoms with E-state index in [9.17, 15) is 0 Å². The number of aromatic amines is 1. The number of aromatic nitrogens is 1. The molecule has 2 nitrogen and oxygen atoms in total. The van der Waals surface area contributed by atoms with Gasteiger partial charge < -0.3 is 22.3 Å². The molecule has 2 aromatic rings. The topological polar surface area (TPSA) is 20.2 Å². The van der Waals surface area contributed by atoms with Crippen LogP contribution in [0.3, 0.4) is 0 Å². The maximum absolute atomic E-state index is 3.84. The molecule has 23 heavy (non-hydrogen) atoms. The number of quaternary nitrogens is 1. The van der Waals surface area contributed by atoms with Crippen LogP contribution in [-0.4, -0.2) is 17.6 Å². The van der Waals surface area contributed by atoms with Crippen molar-refractivity contribution in [1.82, 2.24) is 4.98 Å². The Labute approximate surface area is 146 Å². The molecule has 1 aromatic carbocycles. The van der Waals surface area contributed by atoms with Crippen molar-refractivity contribution in [2.45, 2.75) is 70.4 Å². The van der Waals surface area contributed by atoms with Crippen LogP contribution in [0.5, 0.6) is 0 Å². The summed E-state index contributed by atoms with van der Waals surface area (Å²) < 4.78 is 0. The van der Waals surface area contributed by atoms with Crippen LogP contribution in [0, 0.1) is 0 Å². The quantitative estimate of drug-likeness (QED) is 0.802. The van der Waals surface area contributed by atoms with E-state index < -0.39 is 0 Å². The summed E-state index contributed by atoms with van der Waals surface area (Å²) in [5, 5.41) is 1.47. The summed E-state index contributed by atoms with van der Waals surface area (Å²) in [5.74, 6) is 0. The first-order valence-electron chi connectivity index (χ1n) is 9.20. The monoisotopic (exact) mass is 332 g/mol. The highest BCUT2D eigenvalue weighted by Crippen LogP contribution is 2.36. The van der Waals surface area contributed by atoms with Gasteiger partial charge in [-0.1, -0.05) is 31.5 Å². The van der Waals surface area contributed by atoms with Crippen molar-refractivity contribution in [3.05, 3.63) is 35.5 Å². The summed E-state index contributed by atoms with van der Waals surface area (Å²) in [7, 11) is 0. The molecular weight excluding hydrogens is 304 g/mol. The van der Waals surface area contributed by atoms with E-state index in [1.807, 2.05) is 4.90 Å². The molecule has 4 rings (SSSR count). The van der Waals surface area contributed by atoms with Gasteiger partial charge in [-0.15, -0.1) is 0 Å². The smallest absolute Gasteiger partial charge is 0.136 e. The second-order valence-electron chi connectivity index (χ2n) is 7.61. The minimum Gasteiger partial charge on any atom is -1.00 e. The van der Waals surface area contributed by atoms with E-state index in [0.29, 0.717) is 5.54 Å². The number of nitrogens with one attached hydrogen (secondary N) is 2. The number of hydrogen-bond donors (Lipinski definition) is 2. The maximum atomic E-state index is 3.84. The molecule has 0 bridgehead atoms. The SMILES string of the molecule is CCCC1CCCC2(C)c3[nH]c4ccccc4c3CCC[NH+]12.[Cl-]. The van der Waals surface area contributed by atoms with Crippen molar-refractivity contribution in [1.29, 1.82) is 0 Å². The second kappa shape index (κ2) is 6.49. The summed E-state index contributed by atoms with van der Waals surface area (Å²) in [4.78, 5) is 5.70. The number of benzene rings is 1. The molecule has 3 atom stereocenters. The van der Waals surface area contributed by atoms with Crippen molar-refractivity contribution in [3.8, 4) is 0 Å². The van der Waals surface area contributed by atoms with Crippen molar-refractivity contribution in [2.24, 2.45) is 0 Å². The van der Waals surface area contributed by atoms with E-state index in [-0.39, 0.29) is 12.4 Å². The van der Waals surface area contributed by atoms with Crippen LogP contribution >= 0.6 is 0 Å². The van der Waals surface area contributed by atoms with E-state index in [1.165, 1.54) is 62.4 Å². The van der Waals surface area contributed by atoms with Gasteiger partial charge in [0.1, 0.15) is 5.54 Å². The Morgan fingerprint density at radius 2 is 2.09 bits per heavy atom. The highest BCUT2D eigenvalue weighted by Gasteiger charge is 2.47. The summed E-state index contributed by atoms with van der Waals surface area (Å²) >= 11 is 0. The number of rotatable bonds is 2. The van der Waals surface area contributed by atoms with E-state index >= 15 is 0 Å². The molecule has 1 saturated heterocycles. The van der Waals surface area contributed by atoms with Crippen LogP contribution < -0.4 is 17.3 Å². The fourth-order valence-electron chi connectivity index (χ4n) is 5.31. The molecule has 2 N–H and O–H groups in total. The molecule has 2 aliphatic rings. The number of halogens is 1. The van der Waals surface area contributed by atoms with Gasteiger partial charge in [0.05, 0.1) is 18.3 Å². The van der Waals surface area contributed by atoms with Crippen molar-refractivity contribution < 1.29 is 17.3 Å². The first-order valence-corrected chi connectivity index (χ1v) is 9.20. The van der Waals surface area contributed by atoms with Gasteiger partial charge in [0.25, 0.3) is 0 Å². The average Bonchev–Trinajstić information content (AvgIpc) is 2.83. The summed E-state index contributed by atoms with van der Waals surface area (Å²) in [5.41, 5.74) is 4.81. The predicted octanol–water partition coefficient (Wildman–Crippen LogP) is 0.571. The second-order valence-corrected chi connectivity index (χ2v) is 7.61. The lowest BCUT2D eigenvalue weighted by Gasteiger charge is -2.45. The molecule has 1 aromatic heterocycles. The lowest BCUT2D eigenvalue weighted by molar-refractivity contribution is -0.988. The first-order chi connectivity index (χ1) is 10.7. The Bertz CT molecular complexity index is 675. The molecule has 3 heteroatoms. The molecule has 3 unspecified atom stereocenters. The fourth-order valence-corrected chi connectivity index (χ4v) is 5.31. The molecule has 0 saturated carbocycles. The van der Waals surface area contributed by atoms with Crippen molar-refractivity contribution >= 4 is 10.9 Å². The molecule has 0 radical (unpaired) electrons. The van der Waals surface area contributed by atoms with Gasteiger partial charge in [-0.2, -0.15) is 0 Å². The summed E-state index contributed by atoms with van der Waals surface area (Å²) in [6, 6.07) is 9.77. The normalized spacial score (nSPS) is 30.2. The average molecular weight is 333 g/mol. The predicted molar refractivity (Wildman–Crippen MR) is 92.3 cm³/mol. The van der Waals surface area contributed by atoms with Gasteiger partial charge in [-0.05, 0) is 44.2 Å². The van der Waals surface area contributed by atoms with E-state index in [4.69, 9.17) is 0 Å². The van der Waals surface area contributed by atoms with Crippen LogP contribution in [-0.2, 0) is 12.0 Å².